The topological polar surface area (TPSA) is 76.7 Å². The van der Waals surface area contributed by atoms with Crippen LogP contribution in [0.3, 0.4) is 0 Å². The van der Waals surface area contributed by atoms with Crippen molar-refractivity contribution in [2.45, 2.75) is 45.4 Å². The van der Waals surface area contributed by atoms with E-state index in [1.54, 1.807) is 7.11 Å². The van der Waals surface area contributed by atoms with E-state index in [2.05, 4.69) is 0 Å². The standard InChI is InChI=1S/C26H26O5/c1-5-15-23(28)22-19(27)14-21(31-25(22)26(6-2,7-3)24(15)29)18-12-13-20(30-4)17-11-9-8-10-16(17)18/h8-14,28H,5-7H2,1-4H3. The number of methoxy groups -OCH3 is 1. The van der Waals surface area contributed by atoms with Crippen molar-refractivity contribution in [3.05, 3.63) is 69.6 Å². The number of carbonyl (C=O) groups is 1. The molecule has 0 atom stereocenters. The Morgan fingerprint density at radius 3 is 2.29 bits per heavy atom. The molecule has 5 nitrogen and oxygen atoms in total. The number of carbonyl (C=O) groups excluding carboxylic acids is 1. The van der Waals surface area contributed by atoms with Gasteiger partial charge in [0.2, 0.25) is 0 Å². The molecule has 1 aliphatic rings. The van der Waals surface area contributed by atoms with Gasteiger partial charge in [0, 0.05) is 22.6 Å². The van der Waals surface area contributed by atoms with Crippen LogP contribution in [0.2, 0.25) is 0 Å². The number of ketones is 1. The van der Waals surface area contributed by atoms with Crippen LogP contribution in [0.15, 0.2) is 57.2 Å². The van der Waals surface area contributed by atoms with Gasteiger partial charge in [-0.15, -0.1) is 0 Å². The zero-order valence-corrected chi connectivity index (χ0v) is 18.2. The Bertz CT molecular complexity index is 1270. The van der Waals surface area contributed by atoms with Crippen molar-refractivity contribution in [2.75, 3.05) is 7.11 Å². The van der Waals surface area contributed by atoms with E-state index >= 15 is 0 Å². The number of hydrogen-bond donors (Lipinski definition) is 1. The third kappa shape index (κ3) is 2.91. The molecule has 0 saturated heterocycles. The Balaban J connectivity index is 2.07. The second-order valence-electron chi connectivity index (χ2n) is 7.84. The predicted octanol–water partition coefficient (Wildman–Crippen LogP) is 5.79. The lowest BCUT2D eigenvalue weighted by atomic mass is 9.68. The summed E-state index contributed by atoms with van der Waals surface area (Å²) in [6.45, 7) is 5.64. The normalized spacial score (nSPS) is 15.3. The minimum atomic E-state index is -0.968. The van der Waals surface area contributed by atoms with Gasteiger partial charge in [-0.2, -0.15) is 0 Å². The molecule has 4 rings (SSSR count). The maximum absolute atomic E-state index is 13.4. The first-order valence-corrected chi connectivity index (χ1v) is 10.6. The number of hydrogen-bond acceptors (Lipinski definition) is 5. The van der Waals surface area contributed by atoms with Crippen LogP contribution in [0, 0.1) is 0 Å². The summed E-state index contributed by atoms with van der Waals surface area (Å²) in [6, 6.07) is 12.8. The summed E-state index contributed by atoms with van der Waals surface area (Å²) >= 11 is 0. The highest BCUT2D eigenvalue weighted by Gasteiger charge is 2.48. The van der Waals surface area contributed by atoms with Crippen LogP contribution in [-0.4, -0.2) is 18.0 Å². The van der Waals surface area contributed by atoms with Gasteiger partial charge in [0.05, 0.1) is 12.5 Å². The van der Waals surface area contributed by atoms with E-state index < -0.39 is 5.41 Å². The first-order chi connectivity index (χ1) is 14.9. The zero-order valence-electron chi connectivity index (χ0n) is 18.2. The molecule has 160 valence electrons. The van der Waals surface area contributed by atoms with Crippen molar-refractivity contribution in [3.63, 3.8) is 0 Å². The van der Waals surface area contributed by atoms with Crippen LogP contribution >= 0.6 is 0 Å². The summed E-state index contributed by atoms with van der Waals surface area (Å²) in [5.74, 6) is 0.943. The van der Waals surface area contributed by atoms with Gasteiger partial charge in [0.1, 0.15) is 28.6 Å². The number of allylic oxidation sites excluding steroid dienone is 1. The maximum atomic E-state index is 13.4. The molecule has 1 heterocycles. The lowest BCUT2D eigenvalue weighted by molar-refractivity contribution is -0.122. The fourth-order valence-corrected chi connectivity index (χ4v) is 4.72. The van der Waals surface area contributed by atoms with E-state index in [0.29, 0.717) is 30.6 Å². The zero-order chi connectivity index (χ0) is 22.3. The smallest absolute Gasteiger partial charge is 0.196 e. The molecule has 0 radical (unpaired) electrons. The Morgan fingerprint density at radius 1 is 1.00 bits per heavy atom. The number of aliphatic hydroxyl groups is 1. The average molecular weight is 418 g/mol. The minimum Gasteiger partial charge on any atom is -0.507 e. The van der Waals surface area contributed by atoms with Gasteiger partial charge in [-0.25, -0.2) is 0 Å². The molecule has 0 bridgehead atoms. The van der Waals surface area contributed by atoms with Crippen LogP contribution < -0.4 is 10.2 Å². The van der Waals surface area contributed by atoms with Gasteiger partial charge >= 0.3 is 0 Å². The van der Waals surface area contributed by atoms with Gasteiger partial charge in [-0.05, 0) is 36.8 Å². The molecule has 31 heavy (non-hydrogen) atoms. The van der Waals surface area contributed by atoms with Crippen LogP contribution in [0.5, 0.6) is 5.75 Å². The van der Waals surface area contributed by atoms with Gasteiger partial charge in [-0.3, -0.25) is 9.59 Å². The molecular weight excluding hydrogens is 392 g/mol. The number of aliphatic hydroxyl groups excluding tert-OH is 1. The molecule has 1 aromatic heterocycles. The van der Waals surface area contributed by atoms with Crippen molar-refractivity contribution in [3.8, 4) is 17.1 Å². The molecule has 5 heteroatoms. The number of fused-ring (bicyclic) bond motifs is 2. The third-order valence-electron chi connectivity index (χ3n) is 6.54. The quantitative estimate of drug-likeness (QED) is 0.568. The second kappa shape index (κ2) is 7.73. The summed E-state index contributed by atoms with van der Waals surface area (Å²) in [4.78, 5) is 26.6. The number of Topliss-reactive ketones (excluding diaryl/α,β-unsaturated/α-hetero) is 1. The predicted molar refractivity (Wildman–Crippen MR) is 122 cm³/mol. The van der Waals surface area contributed by atoms with Crippen molar-refractivity contribution < 1.29 is 19.1 Å². The van der Waals surface area contributed by atoms with Gasteiger partial charge < -0.3 is 14.3 Å². The molecule has 1 aliphatic carbocycles. The van der Waals surface area contributed by atoms with Crippen LogP contribution in [0.1, 0.15) is 51.4 Å². The van der Waals surface area contributed by atoms with E-state index in [1.165, 1.54) is 6.07 Å². The van der Waals surface area contributed by atoms with E-state index in [4.69, 9.17) is 9.15 Å². The average Bonchev–Trinajstić information content (AvgIpc) is 2.79. The van der Waals surface area contributed by atoms with E-state index in [0.717, 1.165) is 22.1 Å². The maximum Gasteiger partial charge on any atom is 0.196 e. The van der Waals surface area contributed by atoms with Crippen LogP contribution in [-0.2, 0) is 10.2 Å². The Labute approximate surface area is 181 Å². The number of benzene rings is 2. The molecule has 2 aromatic carbocycles. The molecule has 0 saturated carbocycles. The lowest BCUT2D eigenvalue weighted by Gasteiger charge is -2.35. The SMILES string of the molecule is CCC1=C(O)c2c(oc(-c3ccc(OC)c4ccccc34)cc2=O)C(CC)(CC)C1=O. The Hall–Kier alpha value is -3.34. The fourth-order valence-electron chi connectivity index (χ4n) is 4.72. The molecule has 0 aliphatic heterocycles. The summed E-state index contributed by atoms with van der Waals surface area (Å²) < 4.78 is 11.8. The monoisotopic (exact) mass is 418 g/mol. The van der Waals surface area contributed by atoms with Gasteiger partial charge in [0.15, 0.2) is 11.2 Å². The Kier molecular flexibility index (Phi) is 5.21. The van der Waals surface area contributed by atoms with Crippen molar-refractivity contribution >= 4 is 22.3 Å². The highest BCUT2D eigenvalue weighted by atomic mass is 16.5. The second-order valence-corrected chi connectivity index (χ2v) is 7.84. The molecule has 0 fully saturated rings. The summed E-state index contributed by atoms with van der Waals surface area (Å²) in [6.07, 6.45) is 1.31. The molecule has 1 N–H and O–H groups in total. The largest absolute Gasteiger partial charge is 0.507 e. The number of ether oxygens (including phenoxy) is 1. The Morgan fingerprint density at radius 2 is 1.68 bits per heavy atom. The van der Waals surface area contributed by atoms with E-state index in [1.807, 2.05) is 57.2 Å². The summed E-state index contributed by atoms with van der Waals surface area (Å²) in [5, 5.41) is 12.5. The van der Waals surface area contributed by atoms with Crippen molar-refractivity contribution in [1.82, 2.24) is 0 Å². The summed E-state index contributed by atoms with van der Waals surface area (Å²) in [7, 11) is 1.61. The summed E-state index contributed by atoms with van der Waals surface area (Å²) in [5.41, 5.74) is -0.175. The van der Waals surface area contributed by atoms with Gasteiger partial charge in [0.25, 0.3) is 0 Å². The molecule has 0 amide bonds. The third-order valence-corrected chi connectivity index (χ3v) is 6.54. The first kappa shape index (κ1) is 20.9. The van der Waals surface area contributed by atoms with Crippen molar-refractivity contribution in [2.24, 2.45) is 0 Å². The highest BCUT2D eigenvalue weighted by Crippen LogP contribution is 2.45. The molecule has 0 spiro atoms. The highest BCUT2D eigenvalue weighted by molar-refractivity contribution is 6.10. The van der Waals surface area contributed by atoms with Crippen molar-refractivity contribution in [1.29, 1.82) is 0 Å². The van der Waals surface area contributed by atoms with Crippen LogP contribution in [0.4, 0.5) is 0 Å². The van der Waals surface area contributed by atoms with E-state index in [-0.39, 0.29) is 28.3 Å². The lowest BCUT2D eigenvalue weighted by Crippen LogP contribution is -2.41. The molecular formula is C26H26O5. The first-order valence-electron chi connectivity index (χ1n) is 10.6. The van der Waals surface area contributed by atoms with E-state index in [9.17, 15) is 14.7 Å². The fraction of sp³-hybridized carbons (Fsp3) is 0.308. The molecule has 3 aromatic rings. The van der Waals surface area contributed by atoms with Gasteiger partial charge in [-0.1, -0.05) is 45.0 Å². The van der Waals surface area contributed by atoms with Crippen LogP contribution in [0.25, 0.3) is 27.9 Å². The minimum absolute atomic E-state index is 0.113. The number of rotatable bonds is 5. The molecule has 0 unspecified atom stereocenters.